The third kappa shape index (κ3) is 3.96. The van der Waals surface area contributed by atoms with Crippen LogP contribution in [0.3, 0.4) is 0 Å². The van der Waals surface area contributed by atoms with Crippen molar-refractivity contribution in [2.75, 3.05) is 17.2 Å². The normalized spacial score (nSPS) is 11.7. The number of rotatable bonds is 7. The lowest BCUT2D eigenvalue weighted by Gasteiger charge is -2.10. The molecule has 0 saturated carbocycles. The molecule has 0 fully saturated rings. The van der Waals surface area contributed by atoms with Crippen molar-refractivity contribution in [2.45, 2.75) is 39.8 Å². The summed E-state index contributed by atoms with van der Waals surface area (Å²) in [6, 6.07) is 0. The number of hydrogen-bond acceptors (Lipinski definition) is 5. The summed E-state index contributed by atoms with van der Waals surface area (Å²) in [5.41, 5.74) is 4.38. The molecule has 1 heterocycles. The Bertz CT molecular complexity index is 673. The first-order valence-corrected chi connectivity index (χ1v) is 8.44. The molecule has 0 aliphatic carbocycles. The summed E-state index contributed by atoms with van der Waals surface area (Å²) in [5, 5.41) is 0. The molecule has 0 radical (unpaired) electrons. The molecule has 0 aliphatic heterocycles. The van der Waals surface area contributed by atoms with Gasteiger partial charge in [-0.3, -0.25) is 13.9 Å². The van der Waals surface area contributed by atoms with Gasteiger partial charge < -0.3 is 5.73 Å². The number of nitrogens with zero attached hydrogens (tertiary/aromatic N) is 2. The number of nitrogen functional groups attached to an aromatic ring is 1. The lowest BCUT2D eigenvalue weighted by Crippen LogP contribution is -2.42. The fourth-order valence-electron chi connectivity index (χ4n) is 1.92. The Kier molecular flexibility index (Phi) is 5.55. The highest BCUT2D eigenvalue weighted by Crippen LogP contribution is 1.96. The second-order valence-electron chi connectivity index (χ2n) is 4.67. The highest BCUT2D eigenvalue weighted by molar-refractivity contribution is 7.91. The number of anilines is 1. The third-order valence-electron chi connectivity index (χ3n) is 2.87. The first kappa shape index (κ1) is 16.5. The summed E-state index contributed by atoms with van der Waals surface area (Å²) in [4.78, 5) is 23.9. The van der Waals surface area contributed by atoms with Gasteiger partial charge in [0.25, 0.3) is 5.56 Å². The summed E-state index contributed by atoms with van der Waals surface area (Å²) in [5.74, 6) is -0.182. The molecule has 2 N–H and O–H groups in total. The average molecular weight is 303 g/mol. The highest BCUT2D eigenvalue weighted by atomic mass is 32.2. The monoisotopic (exact) mass is 303 g/mol. The van der Waals surface area contributed by atoms with Crippen LogP contribution in [-0.4, -0.2) is 29.1 Å². The van der Waals surface area contributed by atoms with Crippen LogP contribution in [0.25, 0.3) is 0 Å². The third-order valence-corrected chi connectivity index (χ3v) is 4.70. The van der Waals surface area contributed by atoms with Gasteiger partial charge in [-0.2, -0.15) is 0 Å². The Labute approximate surface area is 117 Å². The van der Waals surface area contributed by atoms with E-state index >= 15 is 0 Å². The molecule has 0 saturated heterocycles. The number of aromatic nitrogens is 2. The van der Waals surface area contributed by atoms with E-state index in [1.807, 2.05) is 6.92 Å². The molecular formula is C12H21N3O4S. The average Bonchev–Trinajstić information content (AvgIpc) is 2.36. The van der Waals surface area contributed by atoms with Gasteiger partial charge in [-0.15, -0.1) is 0 Å². The number of hydrogen-bond donors (Lipinski definition) is 1. The first-order valence-electron chi connectivity index (χ1n) is 6.62. The van der Waals surface area contributed by atoms with E-state index in [1.54, 1.807) is 6.92 Å². The van der Waals surface area contributed by atoms with Crippen LogP contribution < -0.4 is 17.0 Å². The van der Waals surface area contributed by atoms with Gasteiger partial charge in [-0.25, -0.2) is 13.2 Å². The maximum absolute atomic E-state index is 12.1. The van der Waals surface area contributed by atoms with Gasteiger partial charge in [-0.1, -0.05) is 13.8 Å². The second kappa shape index (κ2) is 6.74. The van der Waals surface area contributed by atoms with E-state index in [0.717, 1.165) is 4.57 Å². The van der Waals surface area contributed by atoms with Gasteiger partial charge in [0, 0.05) is 25.0 Å². The molecule has 0 aromatic carbocycles. The smallest absolute Gasteiger partial charge is 0.331 e. The lowest BCUT2D eigenvalue weighted by molar-refractivity contribution is 0.553. The largest absolute Gasteiger partial charge is 0.393 e. The Morgan fingerprint density at radius 3 is 2.30 bits per heavy atom. The van der Waals surface area contributed by atoms with E-state index in [9.17, 15) is 18.0 Å². The number of sulfone groups is 1. The van der Waals surface area contributed by atoms with Crippen molar-refractivity contribution >= 4 is 15.5 Å². The molecule has 0 spiro atoms. The fraction of sp³-hybridized carbons (Fsp3) is 0.667. The van der Waals surface area contributed by atoms with Gasteiger partial charge in [0.2, 0.25) is 0 Å². The Balaban J connectivity index is 3.12. The van der Waals surface area contributed by atoms with Crippen LogP contribution in [0.4, 0.5) is 5.69 Å². The predicted molar refractivity (Wildman–Crippen MR) is 78.6 cm³/mol. The van der Waals surface area contributed by atoms with E-state index < -0.39 is 21.1 Å². The molecule has 1 rings (SSSR count). The van der Waals surface area contributed by atoms with Crippen molar-refractivity contribution in [3.05, 3.63) is 27.0 Å². The van der Waals surface area contributed by atoms with Gasteiger partial charge in [0.15, 0.2) is 9.84 Å². The molecular weight excluding hydrogens is 282 g/mol. The van der Waals surface area contributed by atoms with Crippen LogP contribution in [0, 0.1) is 0 Å². The zero-order valence-corrected chi connectivity index (χ0v) is 12.6. The van der Waals surface area contributed by atoms with Crippen molar-refractivity contribution in [3.63, 3.8) is 0 Å². The molecule has 0 aliphatic rings. The van der Waals surface area contributed by atoms with E-state index in [0.29, 0.717) is 19.4 Å². The lowest BCUT2D eigenvalue weighted by atomic mass is 10.4. The standard InChI is InChI=1S/C12H21N3O4S/c1-3-5-14-9-10(13)11(16)15(12(14)17)6-8-20(18,19)7-4-2/h9H,3-8,13H2,1-2H3. The number of nitrogens with two attached hydrogens (primary N) is 1. The van der Waals surface area contributed by atoms with Crippen molar-refractivity contribution < 1.29 is 8.42 Å². The Hall–Kier alpha value is -1.57. The quantitative estimate of drug-likeness (QED) is 0.753. The van der Waals surface area contributed by atoms with Gasteiger partial charge in [-0.05, 0) is 12.8 Å². The molecule has 0 bridgehead atoms. The van der Waals surface area contributed by atoms with Crippen LogP contribution >= 0.6 is 0 Å². The Morgan fingerprint density at radius 2 is 1.75 bits per heavy atom. The molecule has 8 heteroatoms. The summed E-state index contributed by atoms with van der Waals surface area (Å²) < 4.78 is 25.6. The molecule has 1 aromatic rings. The van der Waals surface area contributed by atoms with Crippen LogP contribution in [-0.2, 0) is 22.9 Å². The summed E-state index contributed by atoms with van der Waals surface area (Å²) >= 11 is 0. The van der Waals surface area contributed by atoms with Crippen LogP contribution in [0.5, 0.6) is 0 Å². The van der Waals surface area contributed by atoms with Crippen LogP contribution in [0.2, 0.25) is 0 Å². The maximum Gasteiger partial charge on any atom is 0.331 e. The fourth-order valence-corrected chi connectivity index (χ4v) is 3.20. The molecule has 7 nitrogen and oxygen atoms in total. The van der Waals surface area contributed by atoms with Gasteiger partial charge in [0.1, 0.15) is 5.69 Å². The summed E-state index contributed by atoms with van der Waals surface area (Å²) in [6.07, 6.45) is 2.53. The molecule has 0 amide bonds. The van der Waals surface area contributed by atoms with Crippen molar-refractivity contribution in [3.8, 4) is 0 Å². The van der Waals surface area contributed by atoms with E-state index in [-0.39, 0.29) is 23.7 Å². The summed E-state index contributed by atoms with van der Waals surface area (Å²) in [6.45, 7) is 3.93. The predicted octanol–water partition coefficient (Wildman–Crippen LogP) is -0.173. The summed E-state index contributed by atoms with van der Waals surface area (Å²) in [7, 11) is -3.25. The van der Waals surface area contributed by atoms with Crippen LogP contribution in [0.1, 0.15) is 26.7 Å². The minimum absolute atomic E-state index is 0.0488. The molecule has 114 valence electrons. The van der Waals surface area contributed by atoms with Crippen LogP contribution in [0.15, 0.2) is 15.8 Å². The molecule has 0 unspecified atom stereocenters. The molecule has 20 heavy (non-hydrogen) atoms. The van der Waals surface area contributed by atoms with Crippen molar-refractivity contribution in [1.29, 1.82) is 0 Å². The number of aryl methyl sites for hydroxylation is 1. The SMILES string of the molecule is CCCn1cc(N)c(=O)n(CCS(=O)(=O)CCC)c1=O. The van der Waals surface area contributed by atoms with Crippen molar-refractivity contribution in [1.82, 2.24) is 9.13 Å². The Morgan fingerprint density at radius 1 is 1.10 bits per heavy atom. The molecule has 1 aromatic heterocycles. The maximum atomic E-state index is 12.1. The van der Waals surface area contributed by atoms with E-state index in [2.05, 4.69) is 0 Å². The van der Waals surface area contributed by atoms with Crippen molar-refractivity contribution in [2.24, 2.45) is 0 Å². The second-order valence-corrected chi connectivity index (χ2v) is 6.97. The van der Waals surface area contributed by atoms with Gasteiger partial charge in [0.05, 0.1) is 5.75 Å². The molecule has 0 atom stereocenters. The zero-order chi connectivity index (χ0) is 15.3. The van der Waals surface area contributed by atoms with E-state index in [4.69, 9.17) is 5.73 Å². The van der Waals surface area contributed by atoms with E-state index in [1.165, 1.54) is 10.8 Å². The first-order chi connectivity index (χ1) is 9.32. The highest BCUT2D eigenvalue weighted by Gasteiger charge is 2.14. The zero-order valence-electron chi connectivity index (χ0n) is 11.8. The van der Waals surface area contributed by atoms with Gasteiger partial charge >= 0.3 is 5.69 Å². The minimum atomic E-state index is -3.25. The minimum Gasteiger partial charge on any atom is -0.393 e. The topological polar surface area (TPSA) is 104 Å².